The second-order valence-corrected chi connectivity index (χ2v) is 1.21. The van der Waals surface area contributed by atoms with Gasteiger partial charge in [0, 0.05) is 37.2 Å². The van der Waals surface area contributed by atoms with Gasteiger partial charge in [-0.15, -0.1) is 11.8 Å². The third-order valence-corrected chi connectivity index (χ3v) is 0.604. The summed E-state index contributed by atoms with van der Waals surface area (Å²) < 4.78 is 0. The zero-order valence-electron chi connectivity index (χ0n) is 6.96. The van der Waals surface area contributed by atoms with Gasteiger partial charge in [-0.25, -0.2) is 0 Å². The normalized spacial score (nSPS) is 5.00. The lowest BCUT2D eigenvalue weighted by Crippen LogP contribution is -2.01. The van der Waals surface area contributed by atoms with Crippen LogP contribution >= 0.6 is 37.2 Å². The highest BCUT2D eigenvalue weighted by Crippen LogP contribution is 1.89. The van der Waals surface area contributed by atoms with Gasteiger partial charge in [0.1, 0.15) is 0 Å². The van der Waals surface area contributed by atoms with Crippen LogP contribution < -0.4 is 5.32 Å². The molecule has 0 aliphatic heterocycles. The van der Waals surface area contributed by atoms with Crippen LogP contribution in [-0.4, -0.2) is 13.6 Å². The van der Waals surface area contributed by atoms with Crippen LogP contribution in [0.2, 0.25) is 0 Å². The monoisotopic (exact) mass is 367 g/mol. The molecule has 0 atom stereocenters. The molecule has 0 aliphatic rings. The standard InChI is InChI=1S/C4H6.C3H9N.I2/c2*1-3-4-2;1-2/h1-2H3;4H,3H2,1-2H3;. The predicted octanol–water partition coefficient (Wildman–Crippen LogP) is 3.03. The second-order valence-electron chi connectivity index (χ2n) is 1.21. The molecule has 0 aromatic heterocycles. The maximum absolute atomic E-state index is 2.93. The van der Waals surface area contributed by atoms with Gasteiger partial charge in [0.05, 0.1) is 0 Å². The molecule has 0 unspecified atom stereocenters. The Hall–Kier alpha value is 0.980. The molecule has 0 radical (unpaired) electrons. The number of halogens is 2. The van der Waals surface area contributed by atoms with E-state index in [9.17, 15) is 0 Å². The fourth-order valence-electron chi connectivity index (χ4n) is 0. The van der Waals surface area contributed by atoms with Gasteiger partial charge in [0.2, 0.25) is 0 Å². The first-order valence-corrected chi connectivity index (χ1v) is 9.24. The van der Waals surface area contributed by atoms with Crippen molar-refractivity contribution in [2.75, 3.05) is 13.6 Å². The minimum atomic E-state index is 1.07. The van der Waals surface area contributed by atoms with E-state index in [-0.39, 0.29) is 0 Å². The lowest BCUT2D eigenvalue weighted by atomic mass is 10.7. The van der Waals surface area contributed by atoms with Gasteiger partial charge in [0.25, 0.3) is 0 Å². The number of rotatable bonds is 1. The van der Waals surface area contributed by atoms with E-state index in [1.165, 1.54) is 0 Å². The third kappa shape index (κ3) is 64.4. The highest BCUT2D eigenvalue weighted by Gasteiger charge is 1.50. The van der Waals surface area contributed by atoms with Crippen LogP contribution in [-0.2, 0) is 0 Å². The molecule has 0 aromatic carbocycles. The summed E-state index contributed by atoms with van der Waals surface area (Å²) in [6, 6.07) is 0. The van der Waals surface area contributed by atoms with E-state index in [0.29, 0.717) is 0 Å². The Balaban J connectivity index is -0.0000000787. The quantitative estimate of drug-likeness (QED) is 0.555. The lowest BCUT2D eigenvalue weighted by Gasteiger charge is -1.76. The van der Waals surface area contributed by atoms with Crippen LogP contribution in [0.1, 0.15) is 20.8 Å². The van der Waals surface area contributed by atoms with Gasteiger partial charge >= 0.3 is 0 Å². The van der Waals surface area contributed by atoms with Gasteiger partial charge < -0.3 is 5.32 Å². The van der Waals surface area contributed by atoms with Crippen LogP contribution in [0.3, 0.4) is 0 Å². The molecule has 0 aromatic rings. The van der Waals surface area contributed by atoms with Crippen molar-refractivity contribution in [2.24, 2.45) is 0 Å². The first-order valence-electron chi connectivity index (χ1n) is 2.95. The topological polar surface area (TPSA) is 12.0 Å². The molecule has 1 nitrogen and oxygen atoms in total. The zero-order valence-corrected chi connectivity index (χ0v) is 11.3. The first-order chi connectivity index (χ1) is 4.83. The molecule has 0 bridgehead atoms. The van der Waals surface area contributed by atoms with Crippen molar-refractivity contribution >= 4 is 37.2 Å². The van der Waals surface area contributed by atoms with Crippen molar-refractivity contribution in [3.8, 4) is 11.8 Å². The Morgan fingerprint density at radius 2 is 1.40 bits per heavy atom. The Morgan fingerprint density at radius 3 is 1.40 bits per heavy atom. The van der Waals surface area contributed by atoms with Gasteiger partial charge in [-0.1, -0.05) is 6.92 Å². The van der Waals surface area contributed by atoms with E-state index >= 15 is 0 Å². The van der Waals surface area contributed by atoms with Crippen molar-refractivity contribution in [1.29, 1.82) is 0 Å². The Bertz CT molecular complexity index is 65.4. The largest absolute Gasteiger partial charge is 0.320 e. The molecule has 0 heterocycles. The minimum absolute atomic E-state index is 1.07. The van der Waals surface area contributed by atoms with Crippen LogP contribution in [0.4, 0.5) is 0 Å². The maximum Gasteiger partial charge on any atom is 0 e. The summed E-state index contributed by atoms with van der Waals surface area (Å²) in [5, 5.41) is 2.93. The van der Waals surface area contributed by atoms with E-state index in [4.69, 9.17) is 0 Å². The molecule has 0 amide bonds. The molecule has 0 fully saturated rings. The number of nitrogens with one attached hydrogen (secondary N) is 1. The van der Waals surface area contributed by atoms with Gasteiger partial charge in [-0.2, -0.15) is 0 Å². The Kier molecular flexibility index (Phi) is 55.7. The van der Waals surface area contributed by atoms with Gasteiger partial charge in [-0.05, 0) is 27.4 Å². The molecule has 0 rings (SSSR count). The second kappa shape index (κ2) is 32.5. The third-order valence-electron chi connectivity index (χ3n) is 0.604. The van der Waals surface area contributed by atoms with Crippen LogP contribution in [0, 0.1) is 11.8 Å². The van der Waals surface area contributed by atoms with E-state index in [0.717, 1.165) is 6.54 Å². The maximum atomic E-state index is 2.93. The average molecular weight is 367 g/mol. The van der Waals surface area contributed by atoms with Crippen molar-refractivity contribution in [3.63, 3.8) is 0 Å². The average Bonchev–Trinajstić information content (AvgIpc) is 2.08. The summed E-state index contributed by atoms with van der Waals surface area (Å²) in [6.07, 6.45) is 0. The summed E-state index contributed by atoms with van der Waals surface area (Å²) >= 11 is 4.24. The highest BCUT2D eigenvalue weighted by molar-refractivity contribution is 15.0. The van der Waals surface area contributed by atoms with Crippen LogP contribution in [0.15, 0.2) is 0 Å². The summed E-state index contributed by atoms with van der Waals surface area (Å²) in [6.45, 7) is 6.78. The smallest absolute Gasteiger partial charge is 0 e. The zero-order chi connectivity index (χ0) is 8.83. The molecular formula is C7H15I2N. The van der Waals surface area contributed by atoms with Gasteiger partial charge in [-0.3, -0.25) is 0 Å². The number of hydrogen-bond acceptors (Lipinski definition) is 1. The molecule has 0 aliphatic carbocycles. The molecule has 1 N–H and O–H groups in total. The van der Waals surface area contributed by atoms with Crippen molar-refractivity contribution in [2.45, 2.75) is 20.8 Å². The molecule has 0 saturated heterocycles. The van der Waals surface area contributed by atoms with E-state index in [1.807, 2.05) is 20.9 Å². The molecule has 0 spiro atoms. The highest BCUT2D eigenvalue weighted by atomic mass is 128. The van der Waals surface area contributed by atoms with Gasteiger partial charge in [0.15, 0.2) is 0 Å². The minimum Gasteiger partial charge on any atom is -0.320 e. The Morgan fingerprint density at radius 1 is 1.20 bits per heavy atom. The van der Waals surface area contributed by atoms with E-state index in [2.05, 4.69) is 61.3 Å². The van der Waals surface area contributed by atoms with Crippen molar-refractivity contribution in [3.05, 3.63) is 0 Å². The van der Waals surface area contributed by atoms with Crippen LogP contribution in [0.25, 0.3) is 0 Å². The van der Waals surface area contributed by atoms with E-state index < -0.39 is 0 Å². The summed E-state index contributed by atoms with van der Waals surface area (Å²) in [7, 11) is 1.93. The summed E-state index contributed by atoms with van der Waals surface area (Å²) in [5.41, 5.74) is 0. The lowest BCUT2D eigenvalue weighted by molar-refractivity contribution is 0.864. The van der Waals surface area contributed by atoms with Crippen molar-refractivity contribution in [1.82, 2.24) is 5.32 Å². The summed E-state index contributed by atoms with van der Waals surface area (Å²) in [5.74, 6) is 5.36. The molecule has 0 saturated carbocycles. The molecule has 10 heavy (non-hydrogen) atoms. The predicted molar refractivity (Wildman–Crippen MR) is 66.8 cm³/mol. The SMILES string of the molecule is CC#CC.CCNC.II. The van der Waals surface area contributed by atoms with Crippen molar-refractivity contribution < 1.29 is 0 Å². The molecule has 3 heteroatoms. The molecule has 62 valence electrons. The Labute approximate surface area is 88.0 Å². The fraction of sp³-hybridized carbons (Fsp3) is 0.714. The number of hydrogen-bond donors (Lipinski definition) is 1. The van der Waals surface area contributed by atoms with E-state index in [1.54, 1.807) is 0 Å². The van der Waals surface area contributed by atoms with Crippen LogP contribution in [0.5, 0.6) is 0 Å². The summed E-state index contributed by atoms with van der Waals surface area (Å²) in [4.78, 5) is 0. The first kappa shape index (κ1) is 17.2. The fourth-order valence-corrected chi connectivity index (χ4v) is 0. The molecular weight excluding hydrogens is 352 g/mol.